The Morgan fingerprint density at radius 3 is 1.27 bits per heavy atom. The maximum Gasteiger partial charge on any atom is 0.220 e. The minimum absolute atomic E-state index is 0.187. The first-order chi connectivity index (χ1) is 32.3. The largest absolute Gasteiger partial charge is 0.394 e. The first-order valence-electron chi connectivity index (χ1n) is 28.6. The molecule has 0 radical (unpaired) electrons. The number of nitrogens with one attached hydrogen (secondary N) is 1. The highest BCUT2D eigenvalue weighted by molar-refractivity contribution is 5.76. The number of hydrogen-bond acceptors (Lipinski definition) is 8. The number of aliphatic hydroxyl groups is 5. The molecule has 1 heterocycles. The third-order valence-electron chi connectivity index (χ3n) is 13.8. The first kappa shape index (κ1) is 62.7. The number of aliphatic hydroxyl groups excluding tert-OH is 5. The van der Waals surface area contributed by atoms with Crippen molar-refractivity contribution in [1.29, 1.82) is 0 Å². The molecular formula is C57H109NO8. The average molecular weight is 936 g/mol. The molecule has 0 aromatic rings. The lowest BCUT2D eigenvalue weighted by molar-refractivity contribution is -0.302. The van der Waals surface area contributed by atoms with E-state index in [1.54, 1.807) is 6.08 Å². The van der Waals surface area contributed by atoms with Gasteiger partial charge in [0.15, 0.2) is 6.29 Å². The second-order valence-corrected chi connectivity index (χ2v) is 20.1. The van der Waals surface area contributed by atoms with Gasteiger partial charge in [0.2, 0.25) is 5.91 Å². The van der Waals surface area contributed by atoms with E-state index in [-0.39, 0.29) is 12.5 Å². The van der Waals surface area contributed by atoms with Gasteiger partial charge in [-0.3, -0.25) is 4.79 Å². The Bertz CT molecular complexity index is 1090. The van der Waals surface area contributed by atoms with Gasteiger partial charge in [-0.05, 0) is 32.1 Å². The number of amides is 1. The highest BCUT2D eigenvalue weighted by Crippen LogP contribution is 2.23. The number of unbranched alkanes of at least 4 members (excludes halogenated alkanes) is 37. The summed E-state index contributed by atoms with van der Waals surface area (Å²) in [5.74, 6) is -0.187. The summed E-state index contributed by atoms with van der Waals surface area (Å²) in [5.41, 5.74) is 0. The van der Waals surface area contributed by atoms with Crippen LogP contribution in [0.25, 0.3) is 0 Å². The van der Waals surface area contributed by atoms with Crippen molar-refractivity contribution >= 4 is 5.91 Å². The Labute approximate surface area is 407 Å². The van der Waals surface area contributed by atoms with Crippen molar-refractivity contribution in [1.82, 2.24) is 5.32 Å². The number of carbonyl (C=O) groups is 1. The zero-order valence-corrected chi connectivity index (χ0v) is 43.2. The maximum atomic E-state index is 12.9. The third-order valence-corrected chi connectivity index (χ3v) is 13.8. The highest BCUT2D eigenvalue weighted by atomic mass is 16.7. The van der Waals surface area contributed by atoms with E-state index in [1.807, 2.05) is 6.08 Å². The second kappa shape index (κ2) is 47.4. The molecule has 1 aliphatic heterocycles. The Morgan fingerprint density at radius 2 is 0.864 bits per heavy atom. The molecule has 7 atom stereocenters. The van der Waals surface area contributed by atoms with Gasteiger partial charge in [-0.2, -0.15) is 0 Å². The van der Waals surface area contributed by atoms with E-state index >= 15 is 0 Å². The minimum Gasteiger partial charge on any atom is -0.394 e. The van der Waals surface area contributed by atoms with E-state index in [9.17, 15) is 30.3 Å². The van der Waals surface area contributed by atoms with Crippen LogP contribution in [0.4, 0.5) is 0 Å². The van der Waals surface area contributed by atoms with Crippen molar-refractivity contribution in [2.75, 3.05) is 13.2 Å². The minimum atomic E-state index is -1.57. The smallest absolute Gasteiger partial charge is 0.220 e. The van der Waals surface area contributed by atoms with Gasteiger partial charge in [-0.15, -0.1) is 0 Å². The summed E-state index contributed by atoms with van der Waals surface area (Å²) < 4.78 is 11.2. The molecule has 7 unspecified atom stereocenters. The molecule has 0 bridgehead atoms. The third kappa shape index (κ3) is 36.6. The molecule has 66 heavy (non-hydrogen) atoms. The molecule has 1 saturated heterocycles. The van der Waals surface area contributed by atoms with Crippen molar-refractivity contribution < 1.29 is 39.8 Å². The molecule has 0 aromatic heterocycles. The van der Waals surface area contributed by atoms with Gasteiger partial charge >= 0.3 is 0 Å². The topological polar surface area (TPSA) is 149 Å². The van der Waals surface area contributed by atoms with Crippen LogP contribution in [-0.4, -0.2) is 87.5 Å². The van der Waals surface area contributed by atoms with E-state index in [4.69, 9.17) is 9.47 Å². The molecule has 6 N–H and O–H groups in total. The van der Waals surface area contributed by atoms with E-state index in [0.717, 1.165) is 38.5 Å². The Morgan fingerprint density at radius 1 is 0.500 bits per heavy atom. The molecule has 1 amide bonds. The molecule has 0 spiro atoms. The van der Waals surface area contributed by atoms with E-state index < -0.39 is 49.5 Å². The summed E-state index contributed by atoms with van der Waals surface area (Å²) in [6.45, 7) is 3.76. The van der Waals surface area contributed by atoms with Crippen LogP contribution in [0.2, 0.25) is 0 Å². The van der Waals surface area contributed by atoms with Crippen LogP contribution >= 0.6 is 0 Å². The van der Waals surface area contributed by atoms with Crippen LogP contribution in [0.15, 0.2) is 24.3 Å². The lowest BCUT2D eigenvalue weighted by atomic mass is 9.99. The Balaban J connectivity index is 2.12. The lowest BCUT2D eigenvalue weighted by Gasteiger charge is -2.40. The number of hydrogen-bond donors (Lipinski definition) is 6. The number of rotatable bonds is 49. The second-order valence-electron chi connectivity index (χ2n) is 20.1. The summed E-state index contributed by atoms with van der Waals surface area (Å²) in [6.07, 6.45) is 52.8. The van der Waals surface area contributed by atoms with Crippen molar-refractivity contribution in [3.05, 3.63) is 24.3 Å². The van der Waals surface area contributed by atoms with Gasteiger partial charge < -0.3 is 40.3 Å². The SMILES string of the molecule is CCCCCCCCCCCCCCCCCCCCCCCCCCCCC/C=C/CC/C=C/C(O)C(COC1OC(CO)C(O)C(O)C1O)NC(=O)CCCCCCCCCCCC. The summed E-state index contributed by atoms with van der Waals surface area (Å²) >= 11 is 0. The lowest BCUT2D eigenvalue weighted by Crippen LogP contribution is -2.60. The fourth-order valence-corrected chi connectivity index (χ4v) is 9.23. The average Bonchev–Trinajstić information content (AvgIpc) is 3.32. The zero-order chi connectivity index (χ0) is 48.0. The predicted molar refractivity (Wildman–Crippen MR) is 277 cm³/mol. The van der Waals surface area contributed by atoms with Gasteiger partial charge in [0.05, 0.1) is 25.4 Å². The molecule has 0 aliphatic carbocycles. The summed E-state index contributed by atoms with van der Waals surface area (Å²) in [7, 11) is 0. The molecule has 1 rings (SSSR count). The van der Waals surface area contributed by atoms with Crippen LogP contribution in [0.1, 0.15) is 277 Å². The first-order valence-corrected chi connectivity index (χ1v) is 28.6. The van der Waals surface area contributed by atoms with Crippen LogP contribution in [0.5, 0.6) is 0 Å². The van der Waals surface area contributed by atoms with Crippen LogP contribution in [0.3, 0.4) is 0 Å². The number of allylic oxidation sites excluding steroid dienone is 3. The summed E-state index contributed by atoms with van der Waals surface area (Å²) in [4.78, 5) is 12.9. The molecule has 1 aliphatic rings. The molecule has 0 saturated carbocycles. The normalized spacial score (nSPS) is 19.9. The van der Waals surface area contributed by atoms with E-state index in [2.05, 4.69) is 31.3 Å². The van der Waals surface area contributed by atoms with Crippen molar-refractivity contribution in [2.45, 2.75) is 320 Å². The quantitative estimate of drug-likeness (QED) is 0.0261. The fourth-order valence-electron chi connectivity index (χ4n) is 9.23. The molecule has 9 heteroatoms. The van der Waals surface area contributed by atoms with Crippen molar-refractivity contribution in [3.63, 3.8) is 0 Å². The number of ether oxygens (including phenoxy) is 2. The maximum absolute atomic E-state index is 12.9. The van der Waals surface area contributed by atoms with Gasteiger partial charge in [-0.25, -0.2) is 0 Å². The van der Waals surface area contributed by atoms with Crippen LogP contribution in [-0.2, 0) is 14.3 Å². The van der Waals surface area contributed by atoms with Gasteiger partial charge in [-0.1, -0.05) is 263 Å². The van der Waals surface area contributed by atoms with E-state index in [1.165, 1.54) is 218 Å². The summed E-state index contributed by atoms with van der Waals surface area (Å²) in [5, 5.41) is 54.3. The Hall–Kier alpha value is -1.33. The molecule has 0 aromatic carbocycles. The molecule has 390 valence electrons. The zero-order valence-electron chi connectivity index (χ0n) is 43.2. The Kier molecular flexibility index (Phi) is 45.0. The number of carbonyl (C=O) groups excluding carboxylic acids is 1. The van der Waals surface area contributed by atoms with Crippen molar-refractivity contribution in [3.8, 4) is 0 Å². The standard InChI is InChI=1S/C57H109NO8/c1-3-5-7-9-11-13-15-16-17-18-19-20-21-22-23-24-25-26-27-28-29-30-31-32-33-34-35-36-37-38-40-42-44-46-51(60)50(49-65-57-56(64)55(63)54(62)52(48-59)66-57)58-53(61)47-45-43-41-39-14-12-10-8-6-4-2/h37-38,44,46,50-52,54-57,59-60,62-64H,3-36,39-43,45,47-49H2,1-2H3,(H,58,61)/b38-37+,46-44+. The molecule has 1 fully saturated rings. The monoisotopic (exact) mass is 936 g/mol. The predicted octanol–water partition coefficient (Wildman–Crippen LogP) is 13.8. The van der Waals surface area contributed by atoms with Gasteiger partial charge in [0.1, 0.15) is 24.4 Å². The fraction of sp³-hybridized carbons (Fsp3) is 0.912. The highest BCUT2D eigenvalue weighted by Gasteiger charge is 2.44. The molecule has 9 nitrogen and oxygen atoms in total. The van der Waals surface area contributed by atoms with Crippen LogP contribution < -0.4 is 5.32 Å². The van der Waals surface area contributed by atoms with Crippen molar-refractivity contribution in [2.24, 2.45) is 0 Å². The van der Waals surface area contributed by atoms with Gasteiger partial charge in [0, 0.05) is 6.42 Å². The molecular weight excluding hydrogens is 827 g/mol. The van der Waals surface area contributed by atoms with Gasteiger partial charge in [0.25, 0.3) is 0 Å². The van der Waals surface area contributed by atoms with Crippen LogP contribution in [0, 0.1) is 0 Å². The van der Waals surface area contributed by atoms with E-state index in [0.29, 0.717) is 6.42 Å². The summed E-state index contributed by atoms with van der Waals surface area (Å²) in [6, 6.07) is -0.817.